The smallest absolute Gasteiger partial charge is 0.239 e. The van der Waals surface area contributed by atoms with Crippen LogP contribution in [0.4, 0.5) is 0 Å². The molecule has 5 nitrogen and oxygen atoms in total. The second-order valence-electron chi connectivity index (χ2n) is 5.63. The Hall–Kier alpha value is -1.46. The van der Waals surface area contributed by atoms with Gasteiger partial charge in [-0.1, -0.05) is 32.4 Å². The normalized spacial score (nSPS) is 18.8. The van der Waals surface area contributed by atoms with Crippen molar-refractivity contribution in [3.63, 3.8) is 0 Å². The number of nitrogens with two attached hydrogens (primary N) is 1. The van der Waals surface area contributed by atoms with Gasteiger partial charge in [0.25, 0.3) is 0 Å². The lowest BCUT2D eigenvalue weighted by Crippen LogP contribution is -2.49. The van der Waals surface area contributed by atoms with Gasteiger partial charge in [0.15, 0.2) is 17.6 Å². The number of para-hydroxylation sites is 2. The predicted octanol–water partition coefficient (Wildman–Crippen LogP) is 2.08. The topological polar surface area (TPSA) is 64.8 Å². The number of rotatable bonds is 5. The number of hydrogen-bond donors (Lipinski definition) is 1. The molecule has 1 heterocycles. The van der Waals surface area contributed by atoms with Crippen molar-refractivity contribution in [3.05, 3.63) is 24.3 Å². The summed E-state index contributed by atoms with van der Waals surface area (Å²) in [6.45, 7) is 4.93. The molecule has 22 heavy (non-hydrogen) atoms. The molecule has 1 amide bonds. The molecule has 124 valence electrons. The van der Waals surface area contributed by atoms with Crippen molar-refractivity contribution in [3.8, 4) is 11.5 Å². The van der Waals surface area contributed by atoms with Crippen molar-refractivity contribution in [2.75, 3.05) is 20.2 Å². The number of likely N-dealkylation sites (N-methyl/N-ethyl adjacent to an activating group) is 1. The van der Waals surface area contributed by atoms with Crippen LogP contribution < -0.4 is 15.2 Å². The molecule has 1 aromatic carbocycles. The fourth-order valence-electron chi connectivity index (χ4n) is 2.30. The molecule has 0 fully saturated rings. The Kier molecular flexibility index (Phi) is 6.97. The van der Waals surface area contributed by atoms with E-state index in [1.807, 2.05) is 38.1 Å². The molecule has 0 bridgehead atoms. The van der Waals surface area contributed by atoms with E-state index in [4.69, 9.17) is 15.2 Å². The lowest BCUT2D eigenvalue weighted by molar-refractivity contribution is -0.133. The minimum Gasteiger partial charge on any atom is -0.486 e. The summed E-state index contributed by atoms with van der Waals surface area (Å²) in [5.74, 6) is 1.59. The van der Waals surface area contributed by atoms with Gasteiger partial charge in [-0.05, 0) is 18.1 Å². The Balaban J connectivity index is 0.00000242. The first kappa shape index (κ1) is 18.6. The zero-order valence-electron chi connectivity index (χ0n) is 13.3. The van der Waals surface area contributed by atoms with Crippen LogP contribution in [-0.2, 0) is 4.79 Å². The summed E-state index contributed by atoms with van der Waals surface area (Å²) in [5.41, 5.74) is 5.99. The Morgan fingerprint density at radius 1 is 1.41 bits per heavy atom. The Labute approximate surface area is 138 Å². The molecule has 2 N–H and O–H groups in total. The standard InChI is InChI=1S/C16H24N2O3.ClH/c1-4-11(2)15(17)16(19)18(3)9-12-10-20-13-7-5-6-8-14(13)21-12;/h5-8,11-12,15H,4,9-10,17H2,1-3H3;1H. The Morgan fingerprint density at radius 3 is 2.68 bits per heavy atom. The summed E-state index contributed by atoms with van der Waals surface area (Å²) in [4.78, 5) is 13.9. The Bertz CT molecular complexity index is 498. The molecule has 0 radical (unpaired) electrons. The van der Waals surface area contributed by atoms with Gasteiger partial charge < -0.3 is 20.1 Å². The number of benzene rings is 1. The molecule has 2 rings (SSSR count). The van der Waals surface area contributed by atoms with Gasteiger partial charge in [0.05, 0.1) is 12.6 Å². The zero-order valence-corrected chi connectivity index (χ0v) is 14.1. The third-order valence-electron chi connectivity index (χ3n) is 3.96. The summed E-state index contributed by atoms with van der Waals surface area (Å²) < 4.78 is 11.5. The van der Waals surface area contributed by atoms with Crippen molar-refractivity contribution >= 4 is 18.3 Å². The minimum absolute atomic E-state index is 0. The Morgan fingerprint density at radius 2 is 2.05 bits per heavy atom. The van der Waals surface area contributed by atoms with Crippen LogP contribution in [-0.4, -0.2) is 43.2 Å². The fraction of sp³-hybridized carbons (Fsp3) is 0.562. The van der Waals surface area contributed by atoms with Gasteiger partial charge in [-0.15, -0.1) is 12.4 Å². The van der Waals surface area contributed by atoms with Gasteiger partial charge in [-0.25, -0.2) is 0 Å². The lowest BCUT2D eigenvalue weighted by Gasteiger charge is -2.31. The number of ether oxygens (including phenoxy) is 2. The number of carbonyl (C=O) groups is 1. The van der Waals surface area contributed by atoms with E-state index in [2.05, 4.69) is 0 Å². The molecule has 1 aliphatic heterocycles. The second-order valence-corrected chi connectivity index (χ2v) is 5.63. The van der Waals surface area contributed by atoms with Crippen LogP contribution in [0.5, 0.6) is 11.5 Å². The van der Waals surface area contributed by atoms with Gasteiger partial charge in [-0.3, -0.25) is 4.79 Å². The van der Waals surface area contributed by atoms with E-state index in [0.717, 1.165) is 17.9 Å². The maximum absolute atomic E-state index is 12.3. The van der Waals surface area contributed by atoms with Crippen LogP contribution in [0.1, 0.15) is 20.3 Å². The van der Waals surface area contributed by atoms with Gasteiger partial charge in [0.1, 0.15) is 6.61 Å². The molecule has 0 aromatic heterocycles. The van der Waals surface area contributed by atoms with Crippen LogP contribution in [0, 0.1) is 5.92 Å². The van der Waals surface area contributed by atoms with Gasteiger partial charge in [-0.2, -0.15) is 0 Å². The maximum Gasteiger partial charge on any atom is 0.239 e. The molecular formula is C16H25ClN2O3. The van der Waals surface area contributed by atoms with Crippen molar-refractivity contribution in [1.82, 2.24) is 4.90 Å². The number of fused-ring (bicyclic) bond motifs is 1. The molecule has 3 unspecified atom stereocenters. The molecule has 1 aromatic rings. The van der Waals surface area contributed by atoms with Gasteiger partial charge >= 0.3 is 0 Å². The van der Waals surface area contributed by atoms with E-state index in [-0.39, 0.29) is 30.3 Å². The average molecular weight is 329 g/mol. The van der Waals surface area contributed by atoms with Crippen LogP contribution in [0.15, 0.2) is 24.3 Å². The monoisotopic (exact) mass is 328 g/mol. The van der Waals surface area contributed by atoms with Crippen LogP contribution in [0.25, 0.3) is 0 Å². The zero-order chi connectivity index (χ0) is 15.4. The first-order valence-electron chi connectivity index (χ1n) is 7.42. The number of halogens is 1. The largest absolute Gasteiger partial charge is 0.486 e. The van der Waals surface area contributed by atoms with Crippen LogP contribution in [0.3, 0.4) is 0 Å². The highest BCUT2D eigenvalue weighted by molar-refractivity contribution is 5.85. The van der Waals surface area contributed by atoms with E-state index in [0.29, 0.717) is 13.2 Å². The van der Waals surface area contributed by atoms with Crippen LogP contribution in [0.2, 0.25) is 0 Å². The molecule has 0 spiro atoms. The number of carbonyl (C=O) groups excluding carboxylic acids is 1. The molecule has 0 saturated carbocycles. The van der Waals surface area contributed by atoms with Crippen LogP contribution >= 0.6 is 12.4 Å². The molecule has 3 atom stereocenters. The van der Waals surface area contributed by atoms with Crippen molar-refractivity contribution in [1.29, 1.82) is 0 Å². The van der Waals surface area contributed by atoms with Gasteiger partial charge in [0.2, 0.25) is 5.91 Å². The summed E-state index contributed by atoms with van der Waals surface area (Å²) >= 11 is 0. The van der Waals surface area contributed by atoms with E-state index in [9.17, 15) is 4.79 Å². The lowest BCUT2D eigenvalue weighted by atomic mass is 9.99. The molecule has 1 aliphatic rings. The first-order valence-corrected chi connectivity index (χ1v) is 7.42. The summed E-state index contributed by atoms with van der Waals surface area (Å²) in [6, 6.07) is 7.09. The van der Waals surface area contributed by atoms with E-state index in [1.165, 1.54) is 0 Å². The highest BCUT2D eigenvalue weighted by Crippen LogP contribution is 2.30. The molecule has 6 heteroatoms. The maximum atomic E-state index is 12.3. The SMILES string of the molecule is CCC(C)C(N)C(=O)N(C)CC1COc2ccccc2O1.Cl. The number of hydrogen-bond acceptors (Lipinski definition) is 4. The van der Waals surface area contributed by atoms with Gasteiger partial charge in [0, 0.05) is 7.05 Å². The summed E-state index contributed by atoms with van der Waals surface area (Å²) in [7, 11) is 1.76. The molecular weight excluding hydrogens is 304 g/mol. The third-order valence-corrected chi connectivity index (χ3v) is 3.96. The van der Waals surface area contributed by atoms with E-state index in [1.54, 1.807) is 11.9 Å². The predicted molar refractivity (Wildman–Crippen MR) is 88.7 cm³/mol. The van der Waals surface area contributed by atoms with E-state index >= 15 is 0 Å². The fourth-order valence-corrected chi connectivity index (χ4v) is 2.30. The first-order chi connectivity index (χ1) is 10.0. The van der Waals surface area contributed by atoms with E-state index < -0.39 is 6.04 Å². The second kappa shape index (κ2) is 8.25. The number of nitrogens with zero attached hydrogens (tertiary/aromatic N) is 1. The summed E-state index contributed by atoms with van der Waals surface area (Å²) in [5, 5.41) is 0. The molecule has 0 saturated heterocycles. The highest BCUT2D eigenvalue weighted by Gasteiger charge is 2.27. The van der Waals surface area contributed by atoms with Crippen molar-refractivity contribution in [2.45, 2.75) is 32.4 Å². The third kappa shape index (κ3) is 4.27. The quantitative estimate of drug-likeness (QED) is 0.898. The van der Waals surface area contributed by atoms with Crippen molar-refractivity contribution < 1.29 is 14.3 Å². The highest BCUT2D eigenvalue weighted by atomic mass is 35.5. The summed E-state index contributed by atoms with van der Waals surface area (Å²) in [6.07, 6.45) is 0.718. The van der Waals surface area contributed by atoms with Crippen molar-refractivity contribution in [2.24, 2.45) is 11.7 Å². The minimum atomic E-state index is -0.461. The average Bonchev–Trinajstić information content (AvgIpc) is 2.52. The number of amides is 1. The molecule has 0 aliphatic carbocycles.